The minimum absolute atomic E-state index is 0.222. The predicted octanol–water partition coefficient (Wildman–Crippen LogP) is 1.30. The van der Waals surface area contributed by atoms with Gasteiger partial charge in [-0.1, -0.05) is 30.3 Å². The molecule has 0 radical (unpaired) electrons. The second kappa shape index (κ2) is 7.32. The van der Waals surface area contributed by atoms with Crippen LogP contribution in [0, 0.1) is 0 Å². The van der Waals surface area contributed by atoms with Crippen molar-refractivity contribution >= 4 is 5.97 Å². The lowest BCUT2D eigenvalue weighted by molar-refractivity contribution is -0.143. The highest BCUT2D eigenvalue weighted by Crippen LogP contribution is 2.13. The number of nitrogens with one attached hydrogen (secondary N) is 1. The van der Waals surface area contributed by atoms with Crippen molar-refractivity contribution < 1.29 is 9.53 Å². The van der Waals surface area contributed by atoms with Gasteiger partial charge < -0.3 is 4.74 Å². The monoisotopic (exact) mass is 317 g/mol. The Kier molecular flexibility index (Phi) is 5.44. The number of carbonyl (C=O) groups is 1. The maximum atomic E-state index is 12.0. The molecule has 7 nitrogen and oxygen atoms in total. The van der Waals surface area contributed by atoms with E-state index in [4.69, 9.17) is 4.74 Å². The molecule has 2 rings (SSSR count). The van der Waals surface area contributed by atoms with Crippen LogP contribution in [0.15, 0.2) is 30.3 Å². The molecule has 1 atom stereocenters. The third-order valence-electron chi connectivity index (χ3n) is 3.44. The second-order valence-electron chi connectivity index (χ2n) is 6.32. The summed E-state index contributed by atoms with van der Waals surface area (Å²) in [4.78, 5) is 12.0. The van der Waals surface area contributed by atoms with Crippen molar-refractivity contribution in [3.63, 3.8) is 0 Å². The fourth-order valence-electron chi connectivity index (χ4n) is 2.28. The van der Waals surface area contributed by atoms with E-state index in [9.17, 15) is 4.79 Å². The molecule has 1 unspecified atom stereocenters. The summed E-state index contributed by atoms with van der Waals surface area (Å²) in [6.07, 6.45) is 0.546. The first-order valence-electron chi connectivity index (χ1n) is 7.54. The lowest BCUT2D eigenvalue weighted by Crippen LogP contribution is -2.40. The van der Waals surface area contributed by atoms with Crippen LogP contribution in [0.5, 0.6) is 0 Å². The molecule has 1 aromatic carbocycles. The molecule has 1 aromatic heterocycles. The number of methoxy groups -OCH3 is 1. The van der Waals surface area contributed by atoms with E-state index in [1.54, 1.807) is 4.68 Å². The Hall–Kier alpha value is -2.28. The molecule has 1 heterocycles. The SMILES string of the molecule is COC(=O)C(Cc1ccccc1)NCc1nnnn1C(C)(C)C. The number of hydrogen-bond acceptors (Lipinski definition) is 6. The van der Waals surface area contributed by atoms with E-state index in [0.29, 0.717) is 18.8 Å². The molecule has 2 aromatic rings. The van der Waals surface area contributed by atoms with Crippen LogP contribution < -0.4 is 5.32 Å². The first-order chi connectivity index (χ1) is 10.9. The van der Waals surface area contributed by atoms with Crippen LogP contribution in [-0.2, 0) is 28.0 Å². The molecule has 0 aliphatic heterocycles. The van der Waals surface area contributed by atoms with Crippen molar-refractivity contribution in [2.75, 3.05) is 7.11 Å². The van der Waals surface area contributed by atoms with Gasteiger partial charge in [-0.05, 0) is 43.2 Å². The average Bonchev–Trinajstić information content (AvgIpc) is 3.00. The molecule has 23 heavy (non-hydrogen) atoms. The normalized spacial score (nSPS) is 12.9. The molecule has 1 N–H and O–H groups in total. The fraction of sp³-hybridized carbons (Fsp3) is 0.500. The number of esters is 1. The zero-order valence-electron chi connectivity index (χ0n) is 14.0. The Morgan fingerprint density at radius 1 is 1.30 bits per heavy atom. The first-order valence-corrected chi connectivity index (χ1v) is 7.54. The summed E-state index contributed by atoms with van der Waals surface area (Å²) in [5, 5.41) is 15.0. The first kappa shape index (κ1) is 17.1. The molecular weight excluding hydrogens is 294 g/mol. The summed E-state index contributed by atoms with van der Waals surface area (Å²) in [5.74, 6) is 0.378. The summed E-state index contributed by atoms with van der Waals surface area (Å²) in [5.41, 5.74) is 0.839. The van der Waals surface area contributed by atoms with Crippen LogP contribution in [0.1, 0.15) is 32.2 Å². The minimum Gasteiger partial charge on any atom is -0.468 e. The van der Waals surface area contributed by atoms with Gasteiger partial charge >= 0.3 is 5.97 Å². The van der Waals surface area contributed by atoms with Gasteiger partial charge in [-0.2, -0.15) is 0 Å². The second-order valence-corrected chi connectivity index (χ2v) is 6.32. The number of hydrogen-bond donors (Lipinski definition) is 1. The van der Waals surface area contributed by atoms with Crippen LogP contribution in [0.25, 0.3) is 0 Å². The summed E-state index contributed by atoms with van der Waals surface area (Å²) in [6, 6.07) is 9.36. The van der Waals surface area contributed by atoms with Crippen molar-refractivity contribution in [2.45, 2.75) is 45.3 Å². The van der Waals surface area contributed by atoms with Gasteiger partial charge in [0.25, 0.3) is 0 Å². The van der Waals surface area contributed by atoms with Gasteiger partial charge in [-0.3, -0.25) is 10.1 Å². The molecule has 0 spiro atoms. The standard InChI is InChI=1S/C16H23N5O2/c1-16(2,3)21-14(18-19-20-21)11-17-13(15(22)23-4)10-12-8-6-5-7-9-12/h5-9,13,17H,10-11H2,1-4H3. The molecule has 7 heteroatoms. The molecular formula is C16H23N5O2. The molecule has 0 amide bonds. The summed E-state index contributed by atoms with van der Waals surface area (Å²) in [6.45, 7) is 6.45. The average molecular weight is 317 g/mol. The molecule has 124 valence electrons. The van der Waals surface area contributed by atoms with E-state index in [1.807, 2.05) is 51.1 Å². The van der Waals surface area contributed by atoms with Gasteiger partial charge in [0.05, 0.1) is 19.2 Å². The van der Waals surface area contributed by atoms with Crippen molar-refractivity contribution in [3.05, 3.63) is 41.7 Å². The highest BCUT2D eigenvalue weighted by Gasteiger charge is 2.23. The topological polar surface area (TPSA) is 81.9 Å². The van der Waals surface area contributed by atoms with Crippen LogP contribution in [0.4, 0.5) is 0 Å². The Balaban J connectivity index is 2.07. The van der Waals surface area contributed by atoms with E-state index >= 15 is 0 Å². The minimum atomic E-state index is -0.451. The van der Waals surface area contributed by atoms with Crippen molar-refractivity contribution in [1.82, 2.24) is 25.5 Å². The molecule has 0 bridgehead atoms. The number of benzene rings is 1. The van der Waals surface area contributed by atoms with Crippen LogP contribution in [-0.4, -0.2) is 39.3 Å². The van der Waals surface area contributed by atoms with Crippen molar-refractivity contribution in [2.24, 2.45) is 0 Å². The summed E-state index contributed by atoms with van der Waals surface area (Å²) in [7, 11) is 1.39. The molecule has 0 saturated carbocycles. The Morgan fingerprint density at radius 3 is 2.61 bits per heavy atom. The van der Waals surface area contributed by atoms with Crippen LogP contribution >= 0.6 is 0 Å². The summed E-state index contributed by atoms with van der Waals surface area (Å²) >= 11 is 0. The third-order valence-corrected chi connectivity index (χ3v) is 3.44. The molecule has 0 aliphatic rings. The van der Waals surface area contributed by atoms with E-state index in [2.05, 4.69) is 20.8 Å². The number of aromatic nitrogens is 4. The number of tetrazole rings is 1. The van der Waals surface area contributed by atoms with Gasteiger partial charge in [0.2, 0.25) is 0 Å². The Bertz CT molecular complexity index is 633. The van der Waals surface area contributed by atoms with Crippen LogP contribution in [0.3, 0.4) is 0 Å². The maximum Gasteiger partial charge on any atom is 0.323 e. The lowest BCUT2D eigenvalue weighted by atomic mass is 10.1. The van der Waals surface area contributed by atoms with Gasteiger partial charge in [0, 0.05) is 0 Å². The fourth-order valence-corrected chi connectivity index (χ4v) is 2.28. The van der Waals surface area contributed by atoms with Crippen LogP contribution in [0.2, 0.25) is 0 Å². The van der Waals surface area contributed by atoms with Crippen molar-refractivity contribution in [1.29, 1.82) is 0 Å². The van der Waals surface area contributed by atoms with Gasteiger partial charge in [-0.15, -0.1) is 5.10 Å². The zero-order chi connectivity index (χ0) is 16.9. The number of nitrogens with zero attached hydrogens (tertiary/aromatic N) is 4. The molecule has 0 saturated heterocycles. The van der Waals surface area contributed by atoms with E-state index < -0.39 is 6.04 Å². The van der Waals surface area contributed by atoms with Gasteiger partial charge in [0.1, 0.15) is 6.04 Å². The molecule has 0 fully saturated rings. The Morgan fingerprint density at radius 2 is 2.00 bits per heavy atom. The number of rotatable bonds is 6. The zero-order valence-corrected chi connectivity index (χ0v) is 14.0. The Labute approximate surface area is 136 Å². The van der Waals surface area contributed by atoms with E-state index in [1.165, 1.54) is 7.11 Å². The number of ether oxygens (including phenoxy) is 1. The maximum absolute atomic E-state index is 12.0. The smallest absolute Gasteiger partial charge is 0.323 e. The highest BCUT2D eigenvalue weighted by atomic mass is 16.5. The highest BCUT2D eigenvalue weighted by molar-refractivity contribution is 5.76. The summed E-state index contributed by atoms with van der Waals surface area (Å²) < 4.78 is 6.64. The van der Waals surface area contributed by atoms with E-state index in [-0.39, 0.29) is 11.5 Å². The van der Waals surface area contributed by atoms with E-state index in [0.717, 1.165) is 5.56 Å². The lowest BCUT2D eigenvalue weighted by Gasteiger charge is -2.21. The largest absolute Gasteiger partial charge is 0.468 e. The van der Waals surface area contributed by atoms with Crippen molar-refractivity contribution in [3.8, 4) is 0 Å². The molecule has 0 aliphatic carbocycles. The number of carbonyl (C=O) groups excluding carboxylic acids is 1. The third kappa shape index (κ3) is 4.59. The van der Waals surface area contributed by atoms with Gasteiger partial charge in [0.15, 0.2) is 5.82 Å². The predicted molar refractivity (Wildman–Crippen MR) is 85.6 cm³/mol. The quantitative estimate of drug-likeness (QED) is 0.809. The van der Waals surface area contributed by atoms with Gasteiger partial charge in [-0.25, -0.2) is 4.68 Å².